The Balaban J connectivity index is 3.36. The Morgan fingerprint density at radius 2 is 1.52 bits per heavy atom. The Bertz CT molecular complexity index is 298. The Kier molecular flexibility index (Phi) is 10.7. The van der Waals surface area contributed by atoms with Crippen LogP contribution in [0.5, 0.6) is 0 Å². The van der Waals surface area contributed by atoms with Crippen LogP contribution in [0.4, 0.5) is 4.79 Å². The summed E-state index contributed by atoms with van der Waals surface area (Å²) in [5.74, 6) is 0.148. The quantitative estimate of drug-likeness (QED) is 0.608. The molecule has 0 aliphatic rings. The molecule has 21 heavy (non-hydrogen) atoms. The third-order valence-electron chi connectivity index (χ3n) is 2.85. The highest BCUT2D eigenvalue weighted by Crippen LogP contribution is 2.06. The molecular weight excluding hydrogens is 268 g/mol. The molecule has 0 atom stereocenters. The second-order valence-electron chi connectivity index (χ2n) is 6.30. The van der Waals surface area contributed by atoms with Gasteiger partial charge in [0.1, 0.15) is 5.60 Å². The number of rotatable bonds is 10. The van der Waals surface area contributed by atoms with E-state index in [9.17, 15) is 9.59 Å². The number of ether oxygens (including phenoxy) is 1. The van der Waals surface area contributed by atoms with Gasteiger partial charge in [-0.25, -0.2) is 4.79 Å². The number of nitrogens with one attached hydrogen (secondary N) is 2. The van der Waals surface area contributed by atoms with Crippen LogP contribution in [0.1, 0.15) is 72.6 Å². The third-order valence-corrected chi connectivity index (χ3v) is 2.85. The van der Waals surface area contributed by atoms with Crippen molar-refractivity contribution in [1.82, 2.24) is 10.6 Å². The molecule has 0 aromatic carbocycles. The van der Waals surface area contributed by atoms with E-state index in [4.69, 9.17) is 4.74 Å². The van der Waals surface area contributed by atoms with Crippen LogP contribution in [0.15, 0.2) is 0 Å². The zero-order valence-corrected chi connectivity index (χ0v) is 14.1. The van der Waals surface area contributed by atoms with Gasteiger partial charge in [0.15, 0.2) is 0 Å². The van der Waals surface area contributed by atoms with Gasteiger partial charge in [0.25, 0.3) is 0 Å². The molecule has 0 radical (unpaired) electrons. The lowest BCUT2D eigenvalue weighted by Gasteiger charge is -2.19. The molecule has 124 valence electrons. The minimum atomic E-state index is -0.452. The van der Waals surface area contributed by atoms with E-state index in [1.165, 1.54) is 0 Å². The van der Waals surface area contributed by atoms with Crippen molar-refractivity contribution < 1.29 is 14.3 Å². The first-order valence-corrected chi connectivity index (χ1v) is 8.08. The summed E-state index contributed by atoms with van der Waals surface area (Å²) < 4.78 is 5.14. The largest absolute Gasteiger partial charge is 0.444 e. The Morgan fingerprint density at radius 3 is 2.10 bits per heavy atom. The van der Waals surface area contributed by atoms with Crippen molar-refractivity contribution in [2.45, 2.75) is 78.2 Å². The number of carbonyl (C=O) groups excluding carboxylic acids is 2. The number of unbranched alkanes of at least 4 members (excludes halogenated alkanes) is 4. The summed E-state index contributed by atoms with van der Waals surface area (Å²) in [6, 6.07) is 0. The number of hydrogen-bond acceptors (Lipinski definition) is 3. The fraction of sp³-hybridized carbons (Fsp3) is 0.875. The topological polar surface area (TPSA) is 67.4 Å². The second kappa shape index (κ2) is 11.4. The summed E-state index contributed by atoms with van der Waals surface area (Å²) >= 11 is 0. The summed E-state index contributed by atoms with van der Waals surface area (Å²) in [6.07, 6.45) is 6.30. The first-order valence-electron chi connectivity index (χ1n) is 8.08. The van der Waals surface area contributed by atoms with Gasteiger partial charge in [-0.15, -0.1) is 0 Å². The van der Waals surface area contributed by atoms with Gasteiger partial charge >= 0.3 is 6.09 Å². The maximum absolute atomic E-state index is 11.4. The molecule has 0 heterocycles. The average molecular weight is 300 g/mol. The molecular formula is C16H32N2O3. The molecule has 0 aromatic heterocycles. The summed E-state index contributed by atoms with van der Waals surface area (Å²) in [5, 5.41) is 5.65. The van der Waals surface area contributed by atoms with Gasteiger partial charge in [0, 0.05) is 19.5 Å². The van der Waals surface area contributed by atoms with E-state index in [0.29, 0.717) is 13.0 Å². The molecule has 2 amide bonds. The zero-order chi connectivity index (χ0) is 16.1. The summed E-state index contributed by atoms with van der Waals surface area (Å²) in [6.45, 7) is 8.99. The van der Waals surface area contributed by atoms with Gasteiger partial charge in [-0.1, -0.05) is 19.8 Å². The molecule has 0 spiro atoms. The molecule has 0 bridgehead atoms. The molecule has 0 aliphatic heterocycles. The highest BCUT2D eigenvalue weighted by Gasteiger charge is 2.15. The zero-order valence-electron chi connectivity index (χ0n) is 14.1. The molecule has 0 aromatic rings. The molecule has 5 nitrogen and oxygen atoms in total. The molecule has 0 fully saturated rings. The predicted molar refractivity (Wildman–Crippen MR) is 85.2 cm³/mol. The van der Waals surface area contributed by atoms with Crippen molar-refractivity contribution in [1.29, 1.82) is 0 Å². The van der Waals surface area contributed by atoms with Crippen LogP contribution in [-0.4, -0.2) is 30.7 Å². The molecule has 0 rings (SSSR count). The standard InChI is InChI=1S/C16H32N2O3/c1-5-6-8-11-14(19)17-12-9-7-10-13-18-15(20)21-16(2,3)4/h5-13H2,1-4H3,(H,17,19)(H,18,20). The first-order chi connectivity index (χ1) is 9.85. The van der Waals surface area contributed by atoms with Crippen LogP contribution in [0.2, 0.25) is 0 Å². The van der Waals surface area contributed by atoms with Crippen molar-refractivity contribution in [3.63, 3.8) is 0 Å². The fourth-order valence-electron chi connectivity index (χ4n) is 1.78. The van der Waals surface area contributed by atoms with Crippen LogP contribution in [0.25, 0.3) is 0 Å². The van der Waals surface area contributed by atoms with Crippen LogP contribution in [-0.2, 0) is 9.53 Å². The summed E-state index contributed by atoms with van der Waals surface area (Å²) in [7, 11) is 0. The molecule has 2 N–H and O–H groups in total. The molecule has 0 aliphatic carbocycles. The second-order valence-corrected chi connectivity index (χ2v) is 6.30. The maximum Gasteiger partial charge on any atom is 0.407 e. The Morgan fingerprint density at radius 1 is 0.905 bits per heavy atom. The van der Waals surface area contributed by atoms with Crippen molar-refractivity contribution in [3.8, 4) is 0 Å². The third kappa shape index (κ3) is 15.0. The SMILES string of the molecule is CCCCCC(=O)NCCCCCNC(=O)OC(C)(C)C. The van der Waals surface area contributed by atoms with Gasteiger partial charge in [-0.05, 0) is 46.5 Å². The summed E-state index contributed by atoms with van der Waals surface area (Å²) in [4.78, 5) is 22.8. The summed E-state index contributed by atoms with van der Waals surface area (Å²) in [5.41, 5.74) is -0.452. The van der Waals surface area contributed by atoms with E-state index in [0.717, 1.165) is 45.1 Å². The Hall–Kier alpha value is -1.26. The minimum absolute atomic E-state index is 0.148. The van der Waals surface area contributed by atoms with E-state index in [-0.39, 0.29) is 12.0 Å². The lowest BCUT2D eigenvalue weighted by molar-refractivity contribution is -0.121. The lowest BCUT2D eigenvalue weighted by Crippen LogP contribution is -2.33. The van der Waals surface area contributed by atoms with Crippen LogP contribution in [0.3, 0.4) is 0 Å². The first kappa shape index (κ1) is 19.7. The van der Waals surface area contributed by atoms with E-state index in [1.807, 2.05) is 20.8 Å². The monoisotopic (exact) mass is 300 g/mol. The van der Waals surface area contributed by atoms with Gasteiger partial charge in [0.05, 0.1) is 0 Å². The van der Waals surface area contributed by atoms with E-state index in [1.54, 1.807) is 0 Å². The van der Waals surface area contributed by atoms with Crippen LogP contribution < -0.4 is 10.6 Å². The average Bonchev–Trinajstić information content (AvgIpc) is 2.35. The lowest BCUT2D eigenvalue weighted by atomic mass is 10.2. The number of amides is 2. The predicted octanol–water partition coefficient (Wildman–Crippen LogP) is 3.38. The van der Waals surface area contributed by atoms with E-state index < -0.39 is 5.60 Å². The van der Waals surface area contributed by atoms with Crippen LogP contribution in [0, 0.1) is 0 Å². The van der Waals surface area contributed by atoms with Crippen molar-refractivity contribution in [2.75, 3.05) is 13.1 Å². The van der Waals surface area contributed by atoms with Gasteiger partial charge in [0.2, 0.25) is 5.91 Å². The molecule has 5 heteroatoms. The number of carbonyl (C=O) groups is 2. The van der Waals surface area contributed by atoms with E-state index in [2.05, 4.69) is 17.6 Å². The van der Waals surface area contributed by atoms with Gasteiger partial charge in [-0.3, -0.25) is 4.79 Å². The van der Waals surface area contributed by atoms with Gasteiger partial charge < -0.3 is 15.4 Å². The van der Waals surface area contributed by atoms with Crippen molar-refractivity contribution in [2.24, 2.45) is 0 Å². The van der Waals surface area contributed by atoms with Crippen molar-refractivity contribution in [3.05, 3.63) is 0 Å². The Labute approximate surface area is 129 Å². The molecule has 0 saturated heterocycles. The molecule has 0 saturated carbocycles. The number of alkyl carbamates (subject to hydrolysis) is 1. The minimum Gasteiger partial charge on any atom is -0.444 e. The highest BCUT2D eigenvalue weighted by atomic mass is 16.6. The number of hydrogen-bond donors (Lipinski definition) is 2. The van der Waals surface area contributed by atoms with E-state index >= 15 is 0 Å². The smallest absolute Gasteiger partial charge is 0.407 e. The molecule has 0 unspecified atom stereocenters. The van der Waals surface area contributed by atoms with Crippen LogP contribution >= 0.6 is 0 Å². The normalized spacial score (nSPS) is 11.0. The van der Waals surface area contributed by atoms with Crippen molar-refractivity contribution >= 4 is 12.0 Å². The maximum atomic E-state index is 11.4. The highest BCUT2D eigenvalue weighted by molar-refractivity contribution is 5.75. The van der Waals surface area contributed by atoms with Gasteiger partial charge in [-0.2, -0.15) is 0 Å². The fourth-order valence-corrected chi connectivity index (χ4v) is 1.78.